The van der Waals surface area contributed by atoms with E-state index >= 15 is 0 Å². The summed E-state index contributed by atoms with van der Waals surface area (Å²) in [5.41, 5.74) is 3.70. The van der Waals surface area contributed by atoms with Gasteiger partial charge in [0.1, 0.15) is 0 Å². The lowest BCUT2D eigenvalue weighted by atomic mass is 9.85. The molecule has 0 heterocycles. The lowest BCUT2D eigenvalue weighted by molar-refractivity contribution is -0.116. The molecule has 0 aromatic heterocycles. The van der Waals surface area contributed by atoms with Crippen molar-refractivity contribution < 1.29 is 9.90 Å². The van der Waals surface area contributed by atoms with Gasteiger partial charge in [-0.1, -0.05) is 59.4 Å². The minimum atomic E-state index is -0.237. The molecule has 0 rings (SSSR count). The molecule has 0 radical (unpaired) electrons. The molecule has 1 amide bonds. The van der Waals surface area contributed by atoms with Gasteiger partial charge in [-0.15, -0.1) is 0 Å². The Morgan fingerprint density at radius 2 is 1.92 bits per heavy atom. The average molecular weight is 361 g/mol. The maximum atomic E-state index is 11.6. The van der Waals surface area contributed by atoms with E-state index in [1.165, 1.54) is 6.08 Å². The highest BCUT2D eigenvalue weighted by Crippen LogP contribution is 2.27. The largest absolute Gasteiger partial charge is 0.396 e. The number of carbonyl (C=O) groups excluding carboxylic acids is 1. The van der Waals surface area contributed by atoms with Crippen LogP contribution in [-0.4, -0.2) is 36.9 Å². The Balaban J connectivity index is 6.12. The topological polar surface area (TPSA) is 61.7 Å². The van der Waals surface area contributed by atoms with Crippen LogP contribution in [-0.2, 0) is 4.79 Å². The quantitative estimate of drug-likeness (QED) is 0.311. The summed E-state index contributed by atoms with van der Waals surface area (Å²) in [7, 11) is 1.72. The molecule has 0 aromatic carbocycles. The predicted molar refractivity (Wildman–Crippen MR) is 112 cm³/mol. The highest BCUT2D eigenvalue weighted by Gasteiger charge is 2.19. The Morgan fingerprint density at radius 3 is 2.38 bits per heavy atom. The molecule has 0 bridgehead atoms. The zero-order chi connectivity index (χ0) is 20.1. The first kappa shape index (κ1) is 24.1. The summed E-state index contributed by atoms with van der Waals surface area (Å²) in [6, 6.07) is 0. The summed E-state index contributed by atoms with van der Waals surface area (Å²) in [6.45, 7) is 16.7. The molecule has 26 heavy (non-hydrogen) atoms. The van der Waals surface area contributed by atoms with Crippen LogP contribution in [0, 0.1) is 11.8 Å². The SMILES string of the molecule is C=CC(=O)NCC(=NC)/C(C(=C)C(C)CC)=C(/C=C\C(C)CC)CCO. The summed E-state index contributed by atoms with van der Waals surface area (Å²) in [6.07, 6.45) is 8.01. The van der Waals surface area contributed by atoms with E-state index in [-0.39, 0.29) is 18.4 Å². The Hall–Kier alpha value is -1.94. The lowest BCUT2D eigenvalue weighted by Gasteiger charge is -2.22. The first-order valence-electron chi connectivity index (χ1n) is 9.43. The molecule has 2 atom stereocenters. The monoisotopic (exact) mass is 360 g/mol. The van der Waals surface area contributed by atoms with E-state index < -0.39 is 0 Å². The van der Waals surface area contributed by atoms with E-state index in [4.69, 9.17) is 0 Å². The zero-order valence-electron chi connectivity index (χ0n) is 17.1. The van der Waals surface area contributed by atoms with Crippen molar-refractivity contribution in [2.75, 3.05) is 20.2 Å². The number of aliphatic imine (C=N–C) groups is 1. The summed E-state index contributed by atoms with van der Waals surface area (Å²) >= 11 is 0. The fourth-order valence-corrected chi connectivity index (χ4v) is 2.42. The van der Waals surface area contributed by atoms with Crippen LogP contribution in [0.3, 0.4) is 0 Å². The lowest BCUT2D eigenvalue weighted by Crippen LogP contribution is -2.30. The van der Waals surface area contributed by atoms with Crippen LogP contribution in [0.5, 0.6) is 0 Å². The smallest absolute Gasteiger partial charge is 0.243 e. The van der Waals surface area contributed by atoms with Gasteiger partial charge in [-0.2, -0.15) is 0 Å². The molecule has 0 aliphatic carbocycles. The molecule has 146 valence electrons. The van der Waals surface area contributed by atoms with Crippen LogP contribution in [0.15, 0.2) is 53.1 Å². The summed E-state index contributed by atoms with van der Waals surface area (Å²) in [5, 5.41) is 12.4. The number of amides is 1. The number of hydrogen-bond acceptors (Lipinski definition) is 3. The van der Waals surface area contributed by atoms with Gasteiger partial charge in [0.25, 0.3) is 0 Å². The van der Waals surface area contributed by atoms with Gasteiger partial charge in [0.2, 0.25) is 5.91 Å². The number of nitrogens with zero attached hydrogens (tertiary/aromatic N) is 1. The normalized spacial score (nSPS) is 15.4. The summed E-state index contributed by atoms with van der Waals surface area (Å²) in [4.78, 5) is 16.0. The van der Waals surface area contributed by atoms with Crippen LogP contribution in [0.2, 0.25) is 0 Å². The molecule has 0 saturated heterocycles. The van der Waals surface area contributed by atoms with Gasteiger partial charge >= 0.3 is 0 Å². The van der Waals surface area contributed by atoms with Gasteiger partial charge in [-0.3, -0.25) is 9.79 Å². The van der Waals surface area contributed by atoms with Crippen LogP contribution in [0.25, 0.3) is 0 Å². The number of rotatable bonds is 12. The van der Waals surface area contributed by atoms with E-state index in [0.29, 0.717) is 18.9 Å². The number of aliphatic hydroxyl groups is 1. The molecule has 0 aliphatic rings. The molecular weight excluding hydrogens is 324 g/mol. The molecule has 2 unspecified atom stereocenters. The summed E-state index contributed by atoms with van der Waals surface area (Å²) in [5.74, 6) is 0.491. The number of allylic oxidation sites excluding steroid dienone is 3. The van der Waals surface area contributed by atoms with Crippen molar-refractivity contribution in [3.63, 3.8) is 0 Å². The number of aliphatic hydroxyl groups excluding tert-OH is 1. The fraction of sp³-hybridized carbons (Fsp3) is 0.545. The third-order valence-corrected chi connectivity index (χ3v) is 4.67. The first-order chi connectivity index (χ1) is 12.4. The third-order valence-electron chi connectivity index (χ3n) is 4.67. The van der Waals surface area contributed by atoms with Crippen molar-refractivity contribution >= 4 is 11.6 Å². The van der Waals surface area contributed by atoms with Gasteiger partial charge in [0.05, 0.1) is 12.3 Å². The van der Waals surface area contributed by atoms with Crippen LogP contribution < -0.4 is 5.32 Å². The van der Waals surface area contributed by atoms with Crippen LogP contribution in [0.1, 0.15) is 47.0 Å². The molecule has 0 aliphatic heterocycles. The first-order valence-corrected chi connectivity index (χ1v) is 9.43. The fourth-order valence-electron chi connectivity index (χ4n) is 2.42. The molecule has 0 saturated carbocycles. The Morgan fingerprint density at radius 1 is 1.27 bits per heavy atom. The third kappa shape index (κ3) is 7.96. The second kappa shape index (κ2) is 13.3. The van der Waals surface area contributed by atoms with Crippen molar-refractivity contribution in [2.24, 2.45) is 16.8 Å². The summed E-state index contributed by atoms with van der Waals surface area (Å²) < 4.78 is 0. The van der Waals surface area contributed by atoms with E-state index in [1.54, 1.807) is 7.05 Å². The molecule has 0 spiro atoms. The highest BCUT2D eigenvalue weighted by molar-refractivity contribution is 6.07. The van der Waals surface area contributed by atoms with Crippen molar-refractivity contribution in [1.82, 2.24) is 5.32 Å². The average Bonchev–Trinajstić information content (AvgIpc) is 2.66. The van der Waals surface area contributed by atoms with Gasteiger partial charge < -0.3 is 10.4 Å². The van der Waals surface area contributed by atoms with Crippen molar-refractivity contribution in [2.45, 2.75) is 47.0 Å². The van der Waals surface area contributed by atoms with Crippen LogP contribution in [0.4, 0.5) is 0 Å². The van der Waals surface area contributed by atoms with E-state index in [1.807, 2.05) is 0 Å². The van der Waals surface area contributed by atoms with Gasteiger partial charge in [-0.25, -0.2) is 0 Å². The standard InChI is InChI=1S/C22H36N2O2/c1-8-16(4)11-12-19(13-14-25)22(18(6)17(5)9-2)20(23-7)15-24-21(26)10-3/h10-12,16-17,25H,3,6,8-9,13-15H2,1-2,4-5,7H3,(H,24,26)/b12-11-,22-19-,23-20?. The predicted octanol–water partition coefficient (Wildman–Crippen LogP) is 4.24. The van der Waals surface area contributed by atoms with Crippen molar-refractivity contribution in [3.05, 3.63) is 48.1 Å². The Bertz CT molecular complexity index is 571. The number of carbonyl (C=O) groups is 1. The Labute approximate surface area is 159 Å². The van der Waals surface area contributed by atoms with E-state index in [2.05, 4.69) is 63.3 Å². The van der Waals surface area contributed by atoms with Crippen LogP contribution >= 0.6 is 0 Å². The second-order valence-corrected chi connectivity index (χ2v) is 6.55. The van der Waals surface area contributed by atoms with Gasteiger partial charge in [0.15, 0.2) is 0 Å². The van der Waals surface area contributed by atoms with Crippen molar-refractivity contribution in [3.8, 4) is 0 Å². The zero-order valence-corrected chi connectivity index (χ0v) is 17.1. The molecule has 4 heteroatoms. The minimum absolute atomic E-state index is 0.0491. The number of nitrogens with one attached hydrogen (secondary N) is 1. The van der Waals surface area contributed by atoms with Gasteiger partial charge in [0, 0.05) is 19.2 Å². The molecule has 0 aromatic rings. The highest BCUT2D eigenvalue weighted by atomic mass is 16.3. The van der Waals surface area contributed by atoms with Gasteiger partial charge in [-0.05, 0) is 41.9 Å². The molecular formula is C22H36N2O2. The minimum Gasteiger partial charge on any atom is -0.396 e. The van der Waals surface area contributed by atoms with E-state index in [9.17, 15) is 9.90 Å². The maximum absolute atomic E-state index is 11.6. The molecule has 2 N–H and O–H groups in total. The maximum Gasteiger partial charge on any atom is 0.243 e. The number of hydrogen-bond donors (Lipinski definition) is 2. The van der Waals surface area contributed by atoms with Crippen molar-refractivity contribution in [1.29, 1.82) is 0 Å². The molecule has 0 fully saturated rings. The molecule has 4 nitrogen and oxygen atoms in total. The van der Waals surface area contributed by atoms with E-state index in [0.717, 1.165) is 35.3 Å². The Kier molecular flexibility index (Phi) is 12.3. The second-order valence-electron chi connectivity index (χ2n) is 6.55.